The van der Waals surface area contributed by atoms with Crippen LogP contribution in [0.3, 0.4) is 0 Å². The normalized spacial score (nSPS) is 34.3. The quantitative estimate of drug-likeness (QED) is 0.0785. The fraction of sp³-hybridized carbons (Fsp3) is 0.964. The highest BCUT2D eigenvalue weighted by Gasteiger charge is 2.58. The predicted molar refractivity (Wildman–Crippen MR) is 143 cm³/mol. The fourth-order valence-corrected chi connectivity index (χ4v) is 5.15. The molecule has 12 heteroatoms. The largest absolute Gasteiger partial charge is 0.463 e. The van der Waals surface area contributed by atoms with Gasteiger partial charge in [-0.3, -0.25) is 4.79 Å². The van der Waals surface area contributed by atoms with Crippen molar-refractivity contribution in [3.8, 4) is 0 Å². The van der Waals surface area contributed by atoms with Crippen molar-refractivity contribution in [1.29, 1.82) is 0 Å². The van der Waals surface area contributed by atoms with E-state index in [-0.39, 0.29) is 6.42 Å². The van der Waals surface area contributed by atoms with Crippen molar-refractivity contribution in [1.82, 2.24) is 0 Å². The van der Waals surface area contributed by atoms with Crippen LogP contribution in [0.2, 0.25) is 0 Å². The number of aliphatic hydroxyl groups is 7. The summed E-state index contributed by atoms with van der Waals surface area (Å²) in [6.45, 7) is 0.129. The molecule has 7 N–H and O–H groups in total. The van der Waals surface area contributed by atoms with Crippen LogP contribution in [0.1, 0.15) is 96.8 Å². The van der Waals surface area contributed by atoms with Gasteiger partial charge in [0.25, 0.3) is 0 Å². The Bertz CT molecular complexity index is 694. The van der Waals surface area contributed by atoms with Crippen molar-refractivity contribution in [3.05, 3.63) is 0 Å². The van der Waals surface area contributed by atoms with Gasteiger partial charge in [-0.2, -0.15) is 0 Å². The molecule has 0 saturated carbocycles. The number of carbonyl (C=O) groups is 1. The summed E-state index contributed by atoms with van der Waals surface area (Å²) in [5.41, 5.74) is 0. The van der Waals surface area contributed by atoms with Crippen LogP contribution in [-0.2, 0) is 23.7 Å². The minimum absolute atomic E-state index is 0.204. The van der Waals surface area contributed by atoms with Gasteiger partial charge in [0.15, 0.2) is 6.29 Å². The van der Waals surface area contributed by atoms with Gasteiger partial charge in [-0.25, -0.2) is 0 Å². The van der Waals surface area contributed by atoms with Crippen molar-refractivity contribution in [2.24, 2.45) is 0 Å². The standard InChI is InChI=1S/C28H52O12/c1-2-3-4-5-6-7-8-9-10-11-12-13-14-15-21(31)37-17-20-23(33)26(36)28(18-30,39-20)40-27-25(35)24(34)22(32)19(16-29)38-27/h19-20,22-27,29-30,32-36H,2-18H2,1H3/t19-,20-,22+,23-,24+,25+,26-,27+,28+/m0/s1. The molecule has 2 fully saturated rings. The number of rotatable bonds is 20. The summed E-state index contributed by atoms with van der Waals surface area (Å²) in [5.74, 6) is -2.76. The molecule has 0 amide bonds. The van der Waals surface area contributed by atoms with Crippen LogP contribution in [0.25, 0.3) is 0 Å². The molecule has 236 valence electrons. The van der Waals surface area contributed by atoms with Gasteiger partial charge in [0.05, 0.1) is 6.61 Å². The highest BCUT2D eigenvalue weighted by molar-refractivity contribution is 5.69. The number of carbonyl (C=O) groups excluding carboxylic acids is 1. The molecule has 0 aromatic heterocycles. The van der Waals surface area contributed by atoms with Gasteiger partial charge in [-0.1, -0.05) is 84.0 Å². The average Bonchev–Trinajstić information content (AvgIpc) is 3.19. The first-order valence-corrected chi connectivity index (χ1v) is 15.0. The van der Waals surface area contributed by atoms with Crippen molar-refractivity contribution in [2.45, 2.75) is 152 Å². The minimum atomic E-state index is -2.28. The topological polar surface area (TPSA) is 196 Å². The van der Waals surface area contributed by atoms with Crippen molar-refractivity contribution in [2.75, 3.05) is 19.8 Å². The van der Waals surface area contributed by atoms with Gasteiger partial charge >= 0.3 is 5.97 Å². The van der Waals surface area contributed by atoms with E-state index in [9.17, 15) is 40.5 Å². The van der Waals surface area contributed by atoms with E-state index < -0.39 is 80.6 Å². The number of hydrogen-bond acceptors (Lipinski definition) is 12. The zero-order chi connectivity index (χ0) is 29.5. The molecule has 12 nitrogen and oxygen atoms in total. The van der Waals surface area contributed by atoms with Crippen LogP contribution in [0.4, 0.5) is 0 Å². The smallest absolute Gasteiger partial charge is 0.305 e. The third-order valence-corrected chi connectivity index (χ3v) is 7.78. The van der Waals surface area contributed by atoms with E-state index in [1.165, 1.54) is 57.8 Å². The van der Waals surface area contributed by atoms with Crippen LogP contribution in [0.15, 0.2) is 0 Å². The van der Waals surface area contributed by atoms with Crippen molar-refractivity contribution >= 4 is 5.97 Å². The van der Waals surface area contributed by atoms with Gasteiger partial charge in [-0.05, 0) is 6.42 Å². The highest BCUT2D eigenvalue weighted by Crippen LogP contribution is 2.36. The third-order valence-electron chi connectivity index (χ3n) is 7.78. The average molecular weight is 581 g/mol. The minimum Gasteiger partial charge on any atom is -0.463 e. The Labute approximate surface area is 237 Å². The number of hydrogen-bond donors (Lipinski definition) is 7. The first kappa shape index (κ1) is 35.3. The van der Waals surface area contributed by atoms with E-state index >= 15 is 0 Å². The van der Waals surface area contributed by atoms with Crippen LogP contribution in [-0.4, -0.2) is 116 Å². The molecule has 2 heterocycles. The van der Waals surface area contributed by atoms with Gasteiger partial charge in [0.1, 0.15) is 55.9 Å². The molecule has 0 aliphatic carbocycles. The molecule has 0 spiro atoms. The Kier molecular flexibility index (Phi) is 16.4. The van der Waals surface area contributed by atoms with E-state index in [1.807, 2.05) is 0 Å². The number of unbranched alkanes of at least 4 members (excludes halogenated alkanes) is 12. The summed E-state index contributed by atoms with van der Waals surface area (Å²) in [6.07, 6.45) is 2.77. The lowest BCUT2D eigenvalue weighted by atomic mass is 9.99. The summed E-state index contributed by atoms with van der Waals surface area (Å²) in [4.78, 5) is 12.2. The number of aliphatic hydroxyl groups excluding tert-OH is 7. The fourth-order valence-electron chi connectivity index (χ4n) is 5.15. The van der Waals surface area contributed by atoms with E-state index in [2.05, 4.69) is 6.92 Å². The Balaban J connectivity index is 1.65. The lowest BCUT2D eigenvalue weighted by molar-refractivity contribution is -0.383. The molecule has 2 aliphatic heterocycles. The van der Waals surface area contributed by atoms with Crippen LogP contribution in [0.5, 0.6) is 0 Å². The molecule has 2 saturated heterocycles. The molecular formula is C28H52O12. The zero-order valence-corrected chi connectivity index (χ0v) is 23.8. The zero-order valence-electron chi connectivity index (χ0n) is 23.8. The second-order valence-corrected chi connectivity index (χ2v) is 11.1. The Hall–Kier alpha value is -0.930. The first-order valence-electron chi connectivity index (χ1n) is 15.0. The second-order valence-electron chi connectivity index (χ2n) is 11.1. The molecule has 9 atom stereocenters. The summed E-state index contributed by atoms with van der Waals surface area (Å²) in [5, 5.41) is 70.3. The summed E-state index contributed by atoms with van der Waals surface area (Å²) in [6, 6.07) is 0. The molecule has 0 aromatic carbocycles. The Morgan fingerprint density at radius 3 is 1.80 bits per heavy atom. The lowest BCUT2D eigenvalue weighted by Gasteiger charge is -2.43. The van der Waals surface area contributed by atoms with Crippen LogP contribution in [0, 0.1) is 0 Å². The molecule has 0 bridgehead atoms. The Morgan fingerprint density at radius 2 is 1.27 bits per heavy atom. The summed E-state index contributed by atoms with van der Waals surface area (Å²) < 4.78 is 21.4. The number of ether oxygens (including phenoxy) is 4. The van der Waals surface area contributed by atoms with Gasteiger partial charge < -0.3 is 54.7 Å². The molecule has 0 unspecified atom stereocenters. The van der Waals surface area contributed by atoms with E-state index in [4.69, 9.17) is 18.9 Å². The molecule has 0 radical (unpaired) electrons. The van der Waals surface area contributed by atoms with Gasteiger partial charge in [-0.15, -0.1) is 0 Å². The van der Waals surface area contributed by atoms with Crippen molar-refractivity contribution < 1.29 is 59.5 Å². The van der Waals surface area contributed by atoms with Gasteiger partial charge in [0.2, 0.25) is 5.79 Å². The first-order chi connectivity index (χ1) is 19.2. The summed E-state index contributed by atoms with van der Waals surface area (Å²) >= 11 is 0. The van der Waals surface area contributed by atoms with Crippen molar-refractivity contribution in [3.63, 3.8) is 0 Å². The van der Waals surface area contributed by atoms with Gasteiger partial charge in [0, 0.05) is 6.42 Å². The maximum atomic E-state index is 12.2. The van der Waals surface area contributed by atoms with E-state index in [0.29, 0.717) is 6.42 Å². The molecule has 2 rings (SSSR count). The Morgan fingerprint density at radius 1 is 0.725 bits per heavy atom. The third kappa shape index (κ3) is 10.4. The second kappa shape index (κ2) is 18.6. The molecule has 0 aromatic rings. The number of esters is 1. The highest BCUT2D eigenvalue weighted by atomic mass is 16.8. The van der Waals surface area contributed by atoms with Crippen LogP contribution >= 0.6 is 0 Å². The molecular weight excluding hydrogens is 528 g/mol. The maximum absolute atomic E-state index is 12.2. The van der Waals surface area contributed by atoms with E-state index in [1.54, 1.807) is 0 Å². The lowest BCUT2D eigenvalue weighted by Crippen LogP contribution is -2.62. The van der Waals surface area contributed by atoms with E-state index in [0.717, 1.165) is 19.3 Å². The maximum Gasteiger partial charge on any atom is 0.305 e. The molecule has 40 heavy (non-hydrogen) atoms. The monoisotopic (exact) mass is 580 g/mol. The predicted octanol–water partition coefficient (Wildman–Crippen LogP) is 0.637. The SMILES string of the molecule is CCCCCCCCCCCCCCCC(=O)OC[C@@H]1O[C@](CO)(O[C@H]2O[C@@H](CO)[C@@H](O)[C@@H](O)[C@H]2O)[C@@H](O)[C@H]1O. The summed E-state index contributed by atoms with van der Waals surface area (Å²) in [7, 11) is 0. The molecule has 2 aliphatic rings. The van der Waals surface area contributed by atoms with Crippen LogP contribution < -0.4 is 0 Å².